The topological polar surface area (TPSA) is 38.0 Å². The lowest BCUT2D eigenvalue weighted by Crippen LogP contribution is -2.12. The molecule has 0 saturated carbocycles. The summed E-state index contributed by atoms with van der Waals surface area (Å²) in [5.74, 6) is 0. The molecular formula is C9H14N2. The van der Waals surface area contributed by atoms with Crippen molar-refractivity contribution in [2.24, 2.45) is 5.73 Å². The van der Waals surface area contributed by atoms with Gasteiger partial charge in [0, 0.05) is 5.69 Å². The molecule has 1 aromatic carbocycles. The van der Waals surface area contributed by atoms with E-state index in [1.165, 1.54) is 11.1 Å². The van der Waals surface area contributed by atoms with Crippen LogP contribution in [-0.2, 0) is 0 Å². The summed E-state index contributed by atoms with van der Waals surface area (Å²) in [7, 11) is 0. The van der Waals surface area contributed by atoms with E-state index in [2.05, 4.69) is 31.3 Å². The van der Waals surface area contributed by atoms with Gasteiger partial charge in [-0.1, -0.05) is 18.2 Å². The van der Waals surface area contributed by atoms with Gasteiger partial charge in [-0.15, -0.1) is 0 Å². The first kappa shape index (κ1) is 8.08. The van der Waals surface area contributed by atoms with E-state index in [0.29, 0.717) is 6.67 Å². The van der Waals surface area contributed by atoms with Crippen molar-refractivity contribution in [3.8, 4) is 0 Å². The minimum Gasteiger partial charge on any atom is -0.372 e. The largest absolute Gasteiger partial charge is 0.372 e. The van der Waals surface area contributed by atoms with E-state index in [-0.39, 0.29) is 0 Å². The molecule has 11 heavy (non-hydrogen) atoms. The van der Waals surface area contributed by atoms with Crippen LogP contribution in [0.5, 0.6) is 0 Å². The van der Waals surface area contributed by atoms with Gasteiger partial charge < -0.3 is 11.1 Å². The Labute approximate surface area is 67.4 Å². The van der Waals surface area contributed by atoms with Crippen molar-refractivity contribution in [3.63, 3.8) is 0 Å². The predicted molar refractivity (Wildman–Crippen MR) is 48.6 cm³/mol. The highest BCUT2D eigenvalue weighted by molar-refractivity contribution is 5.56. The molecule has 2 nitrogen and oxygen atoms in total. The highest BCUT2D eigenvalue weighted by Crippen LogP contribution is 2.18. The predicted octanol–water partition coefficient (Wildman–Crippen LogP) is 1.63. The van der Waals surface area contributed by atoms with Crippen molar-refractivity contribution in [1.82, 2.24) is 0 Å². The van der Waals surface area contributed by atoms with Crippen LogP contribution >= 0.6 is 0 Å². The molecule has 0 unspecified atom stereocenters. The van der Waals surface area contributed by atoms with Gasteiger partial charge in [0.15, 0.2) is 0 Å². The van der Waals surface area contributed by atoms with E-state index >= 15 is 0 Å². The Hall–Kier alpha value is -1.02. The lowest BCUT2D eigenvalue weighted by Gasteiger charge is -2.09. The van der Waals surface area contributed by atoms with Crippen LogP contribution in [0, 0.1) is 13.8 Å². The molecule has 0 heterocycles. The standard InChI is InChI=1S/C9H14N2/c1-7-4-3-5-8(2)9(7)11-6-10/h3-5,11H,6,10H2,1-2H3. The summed E-state index contributed by atoms with van der Waals surface area (Å²) in [5, 5.41) is 3.12. The van der Waals surface area contributed by atoms with Gasteiger partial charge in [0.05, 0.1) is 6.67 Å². The van der Waals surface area contributed by atoms with Crippen LogP contribution in [-0.4, -0.2) is 6.67 Å². The van der Waals surface area contributed by atoms with E-state index < -0.39 is 0 Å². The molecule has 0 aliphatic carbocycles. The highest BCUT2D eigenvalue weighted by Gasteiger charge is 1.97. The Morgan fingerprint density at radius 3 is 2.27 bits per heavy atom. The summed E-state index contributed by atoms with van der Waals surface area (Å²) in [6.45, 7) is 4.64. The summed E-state index contributed by atoms with van der Waals surface area (Å²) in [6, 6.07) is 6.20. The van der Waals surface area contributed by atoms with Crippen LogP contribution in [0.1, 0.15) is 11.1 Å². The molecule has 0 spiro atoms. The average molecular weight is 150 g/mol. The smallest absolute Gasteiger partial charge is 0.0628 e. The molecule has 0 radical (unpaired) electrons. The van der Waals surface area contributed by atoms with Gasteiger partial charge in [0.25, 0.3) is 0 Å². The first-order chi connectivity index (χ1) is 5.25. The van der Waals surface area contributed by atoms with Crippen molar-refractivity contribution >= 4 is 5.69 Å². The zero-order valence-electron chi connectivity index (χ0n) is 7.02. The maximum Gasteiger partial charge on any atom is 0.0628 e. The Kier molecular flexibility index (Phi) is 2.49. The molecule has 0 saturated heterocycles. The Bertz CT molecular complexity index is 223. The van der Waals surface area contributed by atoms with Crippen LogP contribution in [0.4, 0.5) is 5.69 Å². The number of nitrogens with one attached hydrogen (secondary N) is 1. The number of para-hydroxylation sites is 1. The molecule has 0 atom stereocenters. The fraction of sp³-hybridized carbons (Fsp3) is 0.333. The molecule has 3 N–H and O–H groups in total. The third-order valence-electron chi connectivity index (χ3n) is 1.76. The number of benzene rings is 1. The fourth-order valence-corrected chi connectivity index (χ4v) is 1.20. The lowest BCUT2D eigenvalue weighted by molar-refractivity contribution is 1.13. The summed E-state index contributed by atoms with van der Waals surface area (Å²) in [4.78, 5) is 0. The molecule has 0 aliphatic heterocycles. The zero-order chi connectivity index (χ0) is 8.27. The van der Waals surface area contributed by atoms with Gasteiger partial charge in [-0.3, -0.25) is 0 Å². The molecule has 0 aromatic heterocycles. The Morgan fingerprint density at radius 1 is 1.27 bits per heavy atom. The van der Waals surface area contributed by atoms with E-state index in [1.807, 2.05) is 6.07 Å². The molecular weight excluding hydrogens is 136 g/mol. The van der Waals surface area contributed by atoms with Crippen molar-refractivity contribution in [3.05, 3.63) is 29.3 Å². The molecule has 0 fully saturated rings. The minimum absolute atomic E-state index is 0.492. The zero-order valence-corrected chi connectivity index (χ0v) is 7.02. The van der Waals surface area contributed by atoms with Crippen molar-refractivity contribution in [2.75, 3.05) is 12.0 Å². The van der Waals surface area contributed by atoms with Gasteiger partial charge in [-0.05, 0) is 25.0 Å². The normalized spacial score (nSPS) is 9.73. The average Bonchev–Trinajstić information content (AvgIpc) is 1.97. The van der Waals surface area contributed by atoms with Gasteiger partial charge in [0.2, 0.25) is 0 Å². The SMILES string of the molecule is Cc1cccc(C)c1NCN. The molecule has 2 heteroatoms. The van der Waals surface area contributed by atoms with Crippen LogP contribution in [0.15, 0.2) is 18.2 Å². The maximum absolute atomic E-state index is 5.39. The van der Waals surface area contributed by atoms with E-state index in [0.717, 1.165) is 5.69 Å². The number of nitrogens with two attached hydrogens (primary N) is 1. The van der Waals surface area contributed by atoms with Crippen LogP contribution in [0.2, 0.25) is 0 Å². The first-order valence-electron chi connectivity index (χ1n) is 3.76. The highest BCUT2D eigenvalue weighted by atomic mass is 15.0. The number of hydrogen-bond donors (Lipinski definition) is 2. The van der Waals surface area contributed by atoms with Crippen LogP contribution < -0.4 is 11.1 Å². The van der Waals surface area contributed by atoms with Crippen LogP contribution in [0.3, 0.4) is 0 Å². The second kappa shape index (κ2) is 3.39. The third kappa shape index (κ3) is 1.71. The summed E-state index contributed by atoms with van der Waals surface area (Å²) in [5.41, 5.74) is 9.04. The summed E-state index contributed by atoms with van der Waals surface area (Å²) >= 11 is 0. The molecule has 0 bridgehead atoms. The van der Waals surface area contributed by atoms with Crippen LogP contribution in [0.25, 0.3) is 0 Å². The molecule has 60 valence electrons. The van der Waals surface area contributed by atoms with Gasteiger partial charge in [0.1, 0.15) is 0 Å². The van der Waals surface area contributed by atoms with Crippen molar-refractivity contribution < 1.29 is 0 Å². The third-order valence-corrected chi connectivity index (χ3v) is 1.76. The Morgan fingerprint density at radius 2 is 1.82 bits per heavy atom. The monoisotopic (exact) mass is 150 g/mol. The van der Waals surface area contributed by atoms with Crippen molar-refractivity contribution in [1.29, 1.82) is 0 Å². The maximum atomic E-state index is 5.39. The second-order valence-corrected chi connectivity index (χ2v) is 2.65. The summed E-state index contributed by atoms with van der Waals surface area (Å²) < 4.78 is 0. The lowest BCUT2D eigenvalue weighted by atomic mass is 10.1. The van der Waals surface area contributed by atoms with E-state index in [1.54, 1.807) is 0 Å². The van der Waals surface area contributed by atoms with E-state index in [9.17, 15) is 0 Å². The Balaban J connectivity index is 3.00. The molecule has 0 aliphatic rings. The number of hydrogen-bond acceptors (Lipinski definition) is 2. The second-order valence-electron chi connectivity index (χ2n) is 2.65. The minimum atomic E-state index is 0.492. The number of anilines is 1. The molecule has 1 rings (SSSR count). The quantitative estimate of drug-likeness (QED) is 0.629. The number of rotatable bonds is 2. The van der Waals surface area contributed by atoms with E-state index in [4.69, 9.17) is 5.73 Å². The van der Waals surface area contributed by atoms with Gasteiger partial charge in [-0.2, -0.15) is 0 Å². The fourth-order valence-electron chi connectivity index (χ4n) is 1.20. The van der Waals surface area contributed by atoms with Crippen molar-refractivity contribution in [2.45, 2.75) is 13.8 Å². The number of aryl methyl sites for hydroxylation is 2. The molecule has 0 amide bonds. The molecule has 1 aromatic rings. The van der Waals surface area contributed by atoms with Gasteiger partial charge >= 0.3 is 0 Å². The summed E-state index contributed by atoms with van der Waals surface area (Å²) in [6.07, 6.45) is 0. The van der Waals surface area contributed by atoms with Gasteiger partial charge in [-0.25, -0.2) is 0 Å². The first-order valence-corrected chi connectivity index (χ1v) is 3.76.